The zero-order valence-electron chi connectivity index (χ0n) is 15.7. The van der Waals surface area contributed by atoms with Crippen molar-refractivity contribution in [3.63, 3.8) is 0 Å². The molecule has 5 nitrogen and oxygen atoms in total. The quantitative estimate of drug-likeness (QED) is 0.504. The highest BCUT2D eigenvalue weighted by atomic mass is 35.5. The van der Waals surface area contributed by atoms with Gasteiger partial charge in [-0.2, -0.15) is 0 Å². The highest BCUT2D eigenvalue weighted by molar-refractivity contribution is 6.29. The van der Waals surface area contributed by atoms with E-state index in [0.29, 0.717) is 29.9 Å². The molecule has 148 valence electrons. The summed E-state index contributed by atoms with van der Waals surface area (Å²) < 4.78 is 11.1. The van der Waals surface area contributed by atoms with Gasteiger partial charge in [-0.3, -0.25) is 9.59 Å². The molecule has 6 heteroatoms. The van der Waals surface area contributed by atoms with Gasteiger partial charge in [0.2, 0.25) is 0 Å². The second kappa shape index (κ2) is 9.20. The number of esters is 2. The molecule has 1 aliphatic heterocycles. The number of carbonyl (C=O) groups is 3. The van der Waals surface area contributed by atoms with Gasteiger partial charge in [0, 0.05) is 29.7 Å². The van der Waals surface area contributed by atoms with Crippen LogP contribution in [0.4, 0.5) is 0 Å². The first-order valence-electron chi connectivity index (χ1n) is 9.43. The fourth-order valence-corrected chi connectivity index (χ4v) is 3.89. The van der Waals surface area contributed by atoms with E-state index in [1.54, 1.807) is 43.3 Å². The SMILES string of the molecule is C/C(Cl)=C/CCC(=O)/C=C/[C@@H]1[C@H]2CC(=O)O[C@H]2C[C@H]1OC(=O)c1ccccc1. The number of carbonyl (C=O) groups excluding carboxylic acids is 3. The molecule has 0 radical (unpaired) electrons. The van der Waals surface area contributed by atoms with Crippen molar-refractivity contribution in [3.8, 4) is 0 Å². The minimum Gasteiger partial charge on any atom is -0.462 e. The molecule has 0 aromatic heterocycles. The van der Waals surface area contributed by atoms with E-state index in [2.05, 4.69) is 0 Å². The summed E-state index contributed by atoms with van der Waals surface area (Å²) in [6.07, 6.45) is 6.05. The summed E-state index contributed by atoms with van der Waals surface area (Å²) in [6, 6.07) is 8.76. The van der Waals surface area contributed by atoms with Crippen molar-refractivity contribution in [1.82, 2.24) is 0 Å². The van der Waals surface area contributed by atoms with Gasteiger partial charge in [-0.05, 0) is 31.6 Å². The Morgan fingerprint density at radius 1 is 1.29 bits per heavy atom. The maximum absolute atomic E-state index is 12.4. The van der Waals surface area contributed by atoms with Crippen LogP contribution in [0.25, 0.3) is 0 Å². The van der Waals surface area contributed by atoms with Crippen molar-refractivity contribution in [2.24, 2.45) is 11.8 Å². The summed E-state index contributed by atoms with van der Waals surface area (Å²) in [7, 11) is 0. The minimum atomic E-state index is -0.426. The number of halogens is 1. The predicted octanol–water partition coefficient (Wildman–Crippen LogP) is 4.21. The lowest BCUT2D eigenvalue weighted by atomic mass is 9.91. The largest absolute Gasteiger partial charge is 0.462 e. The van der Waals surface area contributed by atoms with Crippen LogP contribution in [0.15, 0.2) is 53.6 Å². The highest BCUT2D eigenvalue weighted by Gasteiger charge is 2.50. The van der Waals surface area contributed by atoms with Crippen LogP contribution in [-0.2, 0) is 19.1 Å². The first-order chi connectivity index (χ1) is 13.4. The van der Waals surface area contributed by atoms with Crippen LogP contribution in [0.3, 0.4) is 0 Å². The van der Waals surface area contributed by atoms with Crippen LogP contribution in [-0.4, -0.2) is 29.9 Å². The highest BCUT2D eigenvalue weighted by Crippen LogP contribution is 2.43. The van der Waals surface area contributed by atoms with E-state index in [0.717, 1.165) is 0 Å². The van der Waals surface area contributed by atoms with Crippen molar-refractivity contribution in [2.75, 3.05) is 0 Å². The normalized spacial score (nSPS) is 26.9. The first kappa shape index (κ1) is 20.3. The number of ether oxygens (including phenoxy) is 2. The predicted molar refractivity (Wildman–Crippen MR) is 105 cm³/mol. The molecular weight excluding hydrogens is 380 g/mol. The molecule has 28 heavy (non-hydrogen) atoms. The molecule has 1 aromatic rings. The molecule has 4 atom stereocenters. The second-order valence-corrected chi connectivity index (χ2v) is 7.77. The first-order valence-corrected chi connectivity index (χ1v) is 9.80. The topological polar surface area (TPSA) is 69.7 Å². The molecule has 1 aliphatic carbocycles. The molecule has 1 aromatic carbocycles. The lowest BCUT2D eigenvalue weighted by molar-refractivity contribution is -0.141. The number of ketones is 1. The summed E-state index contributed by atoms with van der Waals surface area (Å²) in [5.41, 5.74) is 0.471. The summed E-state index contributed by atoms with van der Waals surface area (Å²) in [5.74, 6) is -0.982. The van der Waals surface area contributed by atoms with E-state index >= 15 is 0 Å². The van der Waals surface area contributed by atoms with E-state index in [9.17, 15) is 14.4 Å². The molecule has 1 saturated carbocycles. The Labute approximate surface area is 169 Å². The average molecular weight is 403 g/mol. The number of fused-ring (bicyclic) bond motifs is 1. The van der Waals surface area contributed by atoms with E-state index in [4.69, 9.17) is 21.1 Å². The van der Waals surface area contributed by atoms with Gasteiger partial charge in [0.05, 0.1) is 12.0 Å². The monoisotopic (exact) mass is 402 g/mol. The maximum atomic E-state index is 12.4. The second-order valence-electron chi connectivity index (χ2n) is 7.17. The fraction of sp³-hybridized carbons (Fsp3) is 0.409. The third-order valence-corrected chi connectivity index (χ3v) is 5.29. The number of rotatable bonds is 7. The average Bonchev–Trinajstić information content (AvgIpc) is 3.16. The van der Waals surface area contributed by atoms with Crippen LogP contribution in [0, 0.1) is 11.8 Å². The van der Waals surface area contributed by atoms with Gasteiger partial charge in [0.25, 0.3) is 0 Å². The molecule has 2 fully saturated rings. The van der Waals surface area contributed by atoms with Gasteiger partial charge in [-0.25, -0.2) is 4.79 Å². The zero-order valence-corrected chi connectivity index (χ0v) is 16.4. The van der Waals surface area contributed by atoms with Gasteiger partial charge in [-0.15, -0.1) is 0 Å². The zero-order chi connectivity index (χ0) is 20.1. The van der Waals surface area contributed by atoms with Crippen molar-refractivity contribution >= 4 is 29.3 Å². The van der Waals surface area contributed by atoms with Gasteiger partial charge in [0.15, 0.2) is 5.78 Å². The van der Waals surface area contributed by atoms with Gasteiger partial charge in [-0.1, -0.05) is 42.0 Å². The van der Waals surface area contributed by atoms with E-state index in [-0.39, 0.29) is 36.1 Å². The Balaban J connectivity index is 1.68. The summed E-state index contributed by atoms with van der Waals surface area (Å²) in [6.45, 7) is 1.77. The molecular formula is C22H23ClO5. The van der Waals surface area contributed by atoms with Crippen LogP contribution in [0.5, 0.6) is 0 Å². The van der Waals surface area contributed by atoms with Gasteiger partial charge in [0.1, 0.15) is 12.2 Å². The molecule has 0 N–H and O–H groups in total. The van der Waals surface area contributed by atoms with E-state index in [1.807, 2.05) is 6.07 Å². The maximum Gasteiger partial charge on any atom is 0.338 e. The van der Waals surface area contributed by atoms with Crippen molar-refractivity contribution in [3.05, 3.63) is 59.2 Å². The Kier molecular flexibility index (Phi) is 6.68. The van der Waals surface area contributed by atoms with Crippen molar-refractivity contribution in [1.29, 1.82) is 0 Å². The Morgan fingerprint density at radius 3 is 2.75 bits per heavy atom. The molecule has 1 saturated heterocycles. The number of benzene rings is 1. The van der Waals surface area contributed by atoms with Crippen LogP contribution in [0.1, 0.15) is 43.0 Å². The smallest absolute Gasteiger partial charge is 0.338 e. The summed E-state index contributed by atoms with van der Waals surface area (Å²) in [4.78, 5) is 36.2. The standard InChI is InChI=1S/C22H23ClO5/c1-14(23)6-5-9-16(24)10-11-17-18-12-21(25)27-20(18)13-19(17)28-22(26)15-7-3-2-4-8-15/h2-4,6-8,10-11,17-20H,5,9,12-13H2,1H3/b11-10+,14-6-/t17-,18-,19-,20+/m1/s1. The molecule has 0 bridgehead atoms. The van der Waals surface area contributed by atoms with Crippen LogP contribution < -0.4 is 0 Å². The minimum absolute atomic E-state index is 0.0315. The summed E-state index contributed by atoms with van der Waals surface area (Å²) >= 11 is 5.77. The third kappa shape index (κ3) is 5.10. The van der Waals surface area contributed by atoms with Gasteiger partial charge < -0.3 is 9.47 Å². The number of hydrogen-bond acceptors (Lipinski definition) is 5. The Bertz CT molecular complexity index is 794. The van der Waals surface area contributed by atoms with Crippen LogP contribution in [0.2, 0.25) is 0 Å². The van der Waals surface area contributed by atoms with Crippen LogP contribution >= 0.6 is 11.6 Å². The fourth-order valence-electron chi connectivity index (χ4n) is 3.79. The van der Waals surface area contributed by atoms with E-state index in [1.165, 1.54) is 6.08 Å². The molecule has 2 aliphatic rings. The van der Waals surface area contributed by atoms with Crippen molar-refractivity contribution in [2.45, 2.75) is 44.8 Å². The lowest BCUT2D eigenvalue weighted by Gasteiger charge is -2.20. The molecule has 0 unspecified atom stereocenters. The molecule has 0 amide bonds. The van der Waals surface area contributed by atoms with Crippen molar-refractivity contribution < 1.29 is 23.9 Å². The Hall–Kier alpha value is -2.40. The van der Waals surface area contributed by atoms with Gasteiger partial charge >= 0.3 is 11.9 Å². The molecule has 1 heterocycles. The number of hydrogen-bond donors (Lipinski definition) is 0. The molecule has 3 rings (SSSR count). The third-order valence-electron chi connectivity index (χ3n) is 5.14. The molecule has 0 spiro atoms. The summed E-state index contributed by atoms with van der Waals surface area (Å²) in [5, 5.41) is 0.657. The Morgan fingerprint density at radius 2 is 2.04 bits per heavy atom. The van der Waals surface area contributed by atoms with E-state index < -0.39 is 12.1 Å². The number of allylic oxidation sites excluding steroid dienone is 3. The lowest BCUT2D eigenvalue weighted by Crippen LogP contribution is -2.24.